The van der Waals surface area contributed by atoms with Crippen LogP contribution in [0.3, 0.4) is 0 Å². The molecule has 1 N–H and O–H groups in total. The lowest BCUT2D eigenvalue weighted by molar-refractivity contribution is -0.119. The van der Waals surface area contributed by atoms with Crippen molar-refractivity contribution in [3.63, 3.8) is 0 Å². The van der Waals surface area contributed by atoms with Gasteiger partial charge in [0.2, 0.25) is 5.91 Å². The summed E-state index contributed by atoms with van der Waals surface area (Å²) in [5.41, 5.74) is 3.52. The van der Waals surface area contributed by atoms with Crippen molar-refractivity contribution in [1.82, 2.24) is 5.32 Å². The van der Waals surface area contributed by atoms with Crippen LogP contribution in [-0.2, 0) is 4.79 Å². The normalized spacial score (nSPS) is 10.0. The highest BCUT2D eigenvalue weighted by Crippen LogP contribution is 2.25. The molecular weight excluding hydrogens is 202 g/mol. The molecule has 3 nitrogen and oxygen atoms in total. The van der Waals surface area contributed by atoms with Gasteiger partial charge in [-0.2, -0.15) is 0 Å². The molecule has 0 heterocycles. The van der Waals surface area contributed by atoms with Crippen LogP contribution in [-0.4, -0.2) is 19.1 Å². The smallest absolute Gasteiger partial charge is 0.216 e. The van der Waals surface area contributed by atoms with E-state index in [9.17, 15) is 4.79 Å². The average Bonchev–Trinajstić information content (AvgIpc) is 2.22. The molecule has 0 spiro atoms. The van der Waals surface area contributed by atoms with E-state index < -0.39 is 0 Å². The SMILES string of the molecule is CC(=O)NCCOc1c(C)ccc(C)c1C. The summed E-state index contributed by atoms with van der Waals surface area (Å²) in [4.78, 5) is 10.7. The van der Waals surface area contributed by atoms with Crippen LogP contribution in [0.1, 0.15) is 23.6 Å². The highest BCUT2D eigenvalue weighted by Gasteiger charge is 2.05. The summed E-state index contributed by atoms with van der Waals surface area (Å²) in [5.74, 6) is 0.909. The molecule has 1 aromatic carbocycles. The average molecular weight is 221 g/mol. The van der Waals surface area contributed by atoms with Gasteiger partial charge >= 0.3 is 0 Å². The van der Waals surface area contributed by atoms with Gasteiger partial charge in [0.15, 0.2) is 0 Å². The van der Waals surface area contributed by atoms with Gasteiger partial charge in [-0.1, -0.05) is 12.1 Å². The van der Waals surface area contributed by atoms with Gasteiger partial charge in [0.05, 0.1) is 6.54 Å². The molecule has 0 aromatic heterocycles. The summed E-state index contributed by atoms with van der Waals surface area (Å²) < 4.78 is 5.68. The first-order valence-corrected chi connectivity index (χ1v) is 5.46. The van der Waals surface area contributed by atoms with Gasteiger partial charge in [0, 0.05) is 6.92 Å². The molecule has 1 rings (SSSR count). The van der Waals surface area contributed by atoms with Gasteiger partial charge in [-0.05, 0) is 37.5 Å². The van der Waals surface area contributed by atoms with Gasteiger partial charge in [-0.3, -0.25) is 4.79 Å². The maximum atomic E-state index is 10.7. The number of carbonyl (C=O) groups is 1. The molecule has 0 unspecified atom stereocenters. The lowest BCUT2D eigenvalue weighted by atomic mass is 10.1. The Kier molecular flexibility index (Phi) is 4.35. The highest BCUT2D eigenvalue weighted by atomic mass is 16.5. The standard InChI is InChI=1S/C13H19NO2/c1-9-5-6-10(2)13(11(9)3)16-8-7-14-12(4)15/h5-6H,7-8H2,1-4H3,(H,14,15). The zero-order chi connectivity index (χ0) is 12.1. The predicted molar refractivity (Wildman–Crippen MR) is 64.8 cm³/mol. The summed E-state index contributed by atoms with van der Waals surface area (Å²) in [6.07, 6.45) is 0. The molecule has 0 aliphatic rings. The summed E-state index contributed by atoms with van der Waals surface area (Å²) in [5, 5.41) is 2.71. The molecule has 0 aliphatic carbocycles. The number of aryl methyl sites for hydroxylation is 2. The first-order valence-electron chi connectivity index (χ1n) is 5.46. The highest BCUT2D eigenvalue weighted by molar-refractivity contribution is 5.72. The zero-order valence-electron chi connectivity index (χ0n) is 10.4. The van der Waals surface area contributed by atoms with Crippen molar-refractivity contribution >= 4 is 5.91 Å². The Morgan fingerprint density at radius 2 is 1.88 bits per heavy atom. The number of amides is 1. The molecule has 0 aliphatic heterocycles. The molecule has 0 radical (unpaired) electrons. The molecular formula is C13H19NO2. The maximum Gasteiger partial charge on any atom is 0.216 e. The summed E-state index contributed by atoms with van der Waals surface area (Å²) in [6.45, 7) is 8.70. The van der Waals surface area contributed by atoms with Crippen LogP contribution in [0, 0.1) is 20.8 Å². The number of rotatable bonds is 4. The number of hydrogen-bond acceptors (Lipinski definition) is 2. The Morgan fingerprint density at radius 3 is 2.50 bits per heavy atom. The fourth-order valence-corrected chi connectivity index (χ4v) is 1.53. The molecule has 0 bridgehead atoms. The van der Waals surface area contributed by atoms with Crippen molar-refractivity contribution in [2.75, 3.05) is 13.2 Å². The minimum absolute atomic E-state index is 0.0266. The van der Waals surface area contributed by atoms with Gasteiger partial charge in [-0.15, -0.1) is 0 Å². The number of hydrogen-bond donors (Lipinski definition) is 1. The van der Waals surface area contributed by atoms with E-state index in [2.05, 4.69) is 31.3 Å². The van der Waals surface area contributed by atoms with Gasteiger partial charge in [-0.25, -0.2) is 0 Å². The van der Waals surface area contributed by atoms with Crippen molar-refractivity contribution < 1.29 is 9.53 Å². The van der Waals surface area contributed by atoms with Crippen LogP contribution in [0.2, 0.25) is 0 Å². The van der Waals surface area contributed by atoms with Crippen LogP contribution in [0.4, 0.5) is 0 Å². The van der Waals surface area contributed by atoms with Crippen LogP contribution in [0.15, 0.2) is 12.1 Å². The van der Waals surface area contributed by atoms with E-state index in [1.165, 1.54) is 18.1 Å². The van der Waals surface area contributed by atoms with E-state index in [1.54, 1.807) is 0 Å². The molecule has 1 aromatic rings. The molecule has 3 heteroatoms. The lowest BCUT2D eigenvalue weighted by Crippen LogP contribution is -2.25. The quantitative estimate of drug-likeness (QED) is 0.791. The van der Waals surface area contributed by atoms with Gasteiger partial charge in [0.25, 0.3) is 0 Å². The topological polar surface area (TPSA) is 38.3 Å². The summed E-state index contributed by atoms with van der Waals surface area (Å²) >= 11 is 0. The minimum Gasteiger partial charge on any atom is -0.491 e. The first kappa shape index (κ1) is 12.6. The Bertz CT molecular complexity index is 386. The zero-order valence-corrected chi connectivity index (χ0v) is 10.4. The Balaban J connectivity index is 2.60. The second kappa shape index (κ2) is 5.54. The van der Waals surface area contributed by atoms with E-state index in [0.717, 1.165) is 11.3 Å². The molecule has 0 saturated carbocycles. The maximum absolute atomic E-state index is 10.7. The van der Waals surface area contributed by atoms with Crippen LogP contribution >= 0.6 is 0 Å². The second-order valence-corrected chi connectivity index (χ2v) is 3.98. The molecule has 16 heavy (non-hydrogen) atoms. The van der Waals surface area contributed by atoms with Crippen molar-refractivity contribution in [3.05, 3.63) is 28.8 Å². The minimum atomic E-state index is -0.0266. The predicted octanol–water partition coefficient (Wildman–Crippen LogP) is 2.13. The second-order valence-electron chi connectivity index (χ2n) is 3.98. The number of benzene rings is 1. The van der Waals surface area contributed by atoms with Crippen LogP contribution in [0.5, 0.6) is 5.75 Å². The number of nitrogens with one attached hydrogen (secondary N) is 1. The number of ether oxygens (including phenoxy) is 1. The van der Waals surface area contributed by atoms with E-state index >= 15 is 0 Å². The van der Waals surface area contributed by atoms with Crippen molar-refractivity contribution in [3.8, 4) is 5.75 Å². The van der Waals surface area contributed by atoms with Gasteiger partial charge < -0.3 is 10.1 Å². The summed E-state index contributed by atoms with van der Waals surface area (Å²) in [7, 11) is 0. The third kappa shape index (κ3) is 3.26. The Labute approximate surface area is 96.8 Å². The molecule has 0 atom stereocenters. The van der Waals surface area contributed by atoms with Crippen molar-refractivity contribution in [2.45, 2.75) is 27.7 Å². The Morgan fingerprint density at radius 1 is 1.25 bits per heavy atom. The summed E-state index contributed by atoms with van der Waals surface area (Å²) in [6, 6.07) is 4.14. The fraction of sp³-hybridized carbons (Fsp3) is 0.462. The molecule has 0 saturated heterocycles. The third-order valence-electron chi connectivity index (χ3n) is 2.60. The van der Waals surface area contributed by atoms with Crippen LogP contribution in [0.25, 0.3) is 0 Å². The monoisotopic (exact) mass is 221 g/mol. The number of carbonyl (C=O) groups excluding carboxylic acids is 1. The molecule has 1 amide bonds. The first-order chi connectivity index (χ1) is 7.52. The largest absolute Gasteiger partial charge is 0.491 e. The van der Waals surface area contributed by atoms with Crippen LogP contribution < -0.4 is 10.1 Å². The van der Waals surface area contributed by atoms with E-state index in [-0.39, 0.29) is 5.91 Å². The third-order valence-corrected chi connectivity index (χ3v) is 2.60. The molecule has 0 fully saturated rings. The van der Waals surface area contributed by atoms with E-state index in [0.29, 0.717) is 13.2 Å². The van der Waals surface area contributed by atoms with Gasteiger partial charge in [0.1, 0.15) is 12.4 Å². The van der Waals surface area contributed by atoms with E-state index in [4.69, 9.17) is 4.74 Å². The lowest BCUT2D eigenvalue weighted by Gasteiger charge is -2.13. The Hall–Kier alpha value is -1.51. The van der Waals surface area contributed by atoms with Crippen molar-refractivity contribution in [2.24, 2.45) is 0 Å². The molecule has 88 valence electrons. The van der Waals surface area contributed by atoms with E-state index in [1.807, 2.05) is 6.92 Å². The fourth-order valence-electron chi connectivity index (χ4n) is 1.53. The van der Waals surface area contributed by atoms with Crippen molar-refractivity contribution in [1.29, 1.82) is 0 Å².